The zero-order valence-corrected chi connectivity index (χ0v) is 16.4. The molecule has 28 heavy (non-hydrogen) atoms. The van der Waals surface area contributed by atoms with Gasteiger partial charge in [-0.15, -0.1) is 0 Å². The van der Waals surface area contributed by atoms with Crippen LogP contribution in [0.1, 0.15) is 59.1 Å². The molecule has 1 aromatic carbocycles. The smallest absolute Gasteiger partial charge is 0.179 e. The minimum Gasteiger partial charge on any atom is -0.394 e. The third-order valence-corrected chi connectivity index (χ3v) is 5.06. The number of nitrogens with zero attached hydrogens (tertiary/aromatic N) is 3. The second kappa shape index (κ2) is 9.32. The van der Waals surface area contributed by atoms with Crippen molar-refractivity contribution in [3.8, 4) is 12.1 Å². The van der Waals surface area contributed by atoms with E-state index >= 15 is 0 Å². The summed E-state index contributed by atoms with van der Waals surface area (Å²) < 4.78 is 1.88. The van der Waals surface area contributed by atoms with Gasteiger partial charge in [-0.05, 0) is 56.4 Å². The van der Waals surface area contributed by atoms with Crippen molar-refractivity contribution in [1.29, 1.82) is 10.5 Å². The van der Waals surface area contributed by atoms with Crippen molar-refractivity contribution >= 4 is 5.78 Å². The van der Waals surface area contributed by atoms with Crippen LogP contribution < -0.4 is 5.73 Å². The van der Waals surface area contributed by atoms with Crippen molar-refractivity contribution in [2.75, 3.05) is 6.61 Å². The Kier molecular flexibility index (Phi) is 7.12. The Balaban J connectivity index is 1.98. The van der Waals surface area contributed by atoms with Crippen LogP contribution in [0.25, 0.3) is 0 Å². The molecule has 0 radical (unpaired) electrons. The molecule has 0 aliphatic rings. The van der Waals surface area contributed by atoms with Crippen LogP contribution >= 0.6 is 0 Å². The third-order valence-electron chi connectivity index (χ3n) is 5.06. The van der Waals surface area contributed by atoms with Crippen LogP contribution in [0, 0.1) is 22.7 Å². The van der Waals surface area contributed by atoms with Crippen LogP contribution in [0.4, 0.5) is 0 Å². The number of aromatic nitrogens is 1. The quantitative estimate of drug-likeness (QED) is 0.651. The second-order valence-electron chi connectivity index (χ2n) is 7.42. The molecule has 1 atom stereocenters. The molecule has 0 saturated heterocycles. The highest BCUT2D eigenvalue weighted by atomic mass is 16.3. The van der Waals surface area contributed by atoms with Crippen molar-refractivity contribution < 1.29 is 9.90 Å². The average Bonchev–Trinajstić information content (AvgIpc) is 3.06. The highest BCUT2D eigenvalue weighted by Gasteiger charge is 2.19. The SMILES string of the molecule is Cn1c(CCC(C)(N)CO)ccc1C(=O)CCCc1cccc(C#N)c1C#N. The first kappa shape index (κ1) is 21.4. The van der Waals surface area contributed by atoms with Crippen molar-refractivity contribution in [3.05, 3.63) is 58.4 Å². The normalized spacial score (nSPS) is 12.8. The van der Waals surface area contributed by atoms with Gasteiger partial charge in [-0.1, -0.05) is 12.1 Å². The van der Waals surface area contributed by atoms with E-state index in [1.165, 1.54) is 0 Å². The minimum atomic E-state index is -0.634. The third kappa shape index (κ3) is 5.07. The Morgan fingerprint density at radius 1 is 1.21 bits per heavy atom. The lowest BCUT2D eigenvalue weighted by Gasteiger charge is -2.21. The van der Waals surface area contributed by atoms with Crippen LogP contribution in [0.15, 0.2) is 30.3 Å². The summed E-state index contributed by atoms with van der Waals surface area (Å²) in [4.78, 5) is 12.6. The number of carbonyl (C=O) groups excluding carboxylic acids is 1. The van der Waals surface area contributed by atoms with E-state index in [4.69, 9.17) is 11.0 Å². The number of rotatable bonds is 9. The Morgan fingerprint density at radius 2 is 1.96 bits per heavy atom. The second-order valence-corrected chi connectivity index (χ2v) is 7.42. The minimum absolute atomic E-state index is 0.0429. The van der Waals surface area contributed by atoms with E-state index in [1.54, 1.807) is 19.1 Å². The van der Waals surface area contributed by atoms with Gasteiger partial charge in [0.05, 0.1) is 23.4 Å². The lowest BCUT2D eigenvalue weighted by Crippen LogP contribution is -2.40. The molecule has 1 aromatic heterocycles. The van der Waals surface area contributed by atoms with Gasteiger partial charge in [0.25, 0.3) is 0 Å². The predicted molar refractivity (Wildman–Crippen MR) is 107 cm³/mol. The Morgan fingerprint density at radius 3 is 2.61 bits per heavy atom. The van der Waals surface area contributed by atoms with Crippen molar-refractivity contribution in [3.63, 3.8) is 0 Å². The molecule has 0 aliphatic heterocycles. The molecule has 0 saturated carbocycles. The fourth-order valence-electron chi connectivity index (χ4n) is 3.18. The van der Waals surface area contributed by atoms with E-state index < -0.39 is 5.54 Å². The van der Waals surface area contributed by atoms with Crippen LogP contribution in [0.5, 0.6) is 0 Å². The molecule has 0 aliphatic carbocycles. The number of aryl methyl sites for hydroxylation is 2. The fraction of sp³-hybridized carbons (Fsp3) is 0.409. The lowest BCUT2D eigenvalue weighted by atomic mass is 9.97. The topological polar surface area (TPSA) is 116 Å². The first-order chi connectivity index (χ1) is 13.3. The van der Waals surface area contributed by atoms with Gasteiger partial charge in [-0.25, -0.2) is 0 Å². The fourth-order valence-corrected chi connectivity index (χ4v) is 3.18. The molecule has 2 rings (SSSR count). The summed E-state index contributed by atoms with van der Waals surface area (Å²) in [5.74, 6) is 0.0429. The van der Waals surface area contributed by atoms with Gasteiger partial charge in [0.1, 0.15) is 12.1 Å². The molecule has 146 valence electrons. The van der Waals surface area contributed by atoms with Crippen molar-refractivity contribution in [2.24, 2.45) is 12.8 Å². The van der Waals surface area contributed by atoms with Crippen LogP contribution in [-0.4, -0.2) is 27.6 Å². The molecule has 0 bridgehead atoms. The molecular formula is C22H26N4O2. The zero-order valence-electron chi connectivity index (χ0n) is 16.4. The standard InChI is InChI=1S/C22H26N4O2/c1-22(25,15-27)12-11-18-9-10-20(26(18)2)21(28)8-4-6-16-5-3-7-17(13-23)19(16)14-24/h3,5,7,9-10,27H,4,6,8,11-12,15,25H2,1-2H3. The number of hydrogen-bond donors (Lipinski definition) is 2. The van der Waals surface area contributed by atoms with Gasteiger partial charge >= 0.3 is 0 Å². The lowest BCUT2D eigenvalue weighted by molar-refractivity contribution is 0.0972. The maximum absolute atomic E-state index is 12.6. The van der Waals surface area contributed by atoms with E-state index in [9.17, 15) is 15.2 Å². The summed E-state index contributed by atoms with van der Waals surface area (Å²) in [5, 5.41) is 27.7. The number of aliphatic hydroxyl groups is 1. The van der Waals surface area contributed by atoms with Gasteiger partial charge in [0.2, 0.25) is 0 Å². The number of carbonyl (C=O) groups is 1. The molecule has 2 aromatic rings. The van der Waals surface area contributed by atoms with Gasteiger partial charge in [-0.3, -0.25) is 4.79 Å². The summed E-state index contributed by atoms with van der Waals surface area (Å²) in [6, 6.07) is 13.1. The maximum atomic E-state index is 12.6. The van der Waals surface area contributed by atoms with Crippen molar-refractivity contribution in [1.82, 2.24) is 4.57 Å². The van der Waals surface area contributed by atoms with Gasteiger partial charge in [0, 0.05) is 24.7 Å². The number of ketones is 1. The molecule has 0 amide bonds. The van der Waals surface area contributed by atoms with Gasteiger partial charge < -0.3 is 15.4 Å². The molecule has 3 N–H and O–H groups in total. The summed E-state index contributed by atoms with van der Waals surface area (Å²) in [7, 11) is 1.86. The molecule has 1 unspecified atom stereocenters. The molecule has 6 nitrogen and oxygen atoms in total. The summed E-state index contributed by atoms with van der Waals surface area (Å²) in [6.07, 6.45) is 2.85. The first-order valence-corrected chi connectivity index (χ1v) is 9.32. The first-order valence-electron chi connectivity index (χ1n) is 9.32. The van der Waals surface area contributed by atoms with E-state index in [-0.39, 0.29) is 12.4 Å². The number of nitrogens with two attached hydrogens (primary N) is 1. The Hall–Kier alpha value is -2.93. The number of hydrogen-bond acceptors (Lipinski definition) is 5. The van der Waals surface area contributed by atoms with Crippen LogP contribution in [0.2, 0.25) is 0 Å². The maximum Gasteiger partial charge on any atom is 0.179 e. The number of Topliss-reactive ketones (excluding diaryl/α,β-unsaturated/α-hetero) is 1. The highest BCUT2D eigenvalue weighted by molar-refractivity contribution is 5.94. The van der Waals surface area contributed by atoms with Crippen LogP contribution in [-0.2, 0) is 19.9 Å². The molecule has 0 spiro atoms. The number of nitriles is 2. The van der Waals surface area contributed by atoms with Gasteiger partial charge in [0.15, 0.2) is 5.78 Å². The largest absolute Gasteiger partial charge is 0.394 e. The predicted octanol–water partition coefficient (Wildman–Crippen LogP) is 2.62. The highest BCUT2D eigenvalue weighted by Crippen LogP contribution is 2.18. The Bertz CT molecular complexity index is 929. The van der Waals surface area contributed by atoms with E-state index in [2.05, 4.69) is 6.07 Å². The monoisotopic (exact) mass is 378 g/mol. The number of aliphatic hydroxyl groups excluding tert-OH is 1. The number of benzene rings is 1. The molecule has 0 fully saturated rings. The Labute approximate surface area is 165 Å². The zero-order chi connectivity index (χ0) is 20.7. The average molecular weight is 378 g/mol. The van der Waals surface area contributed by atoms with Gasteiger partial charge in [-0.2, -0.15) is 10.5 Å². The van der Waals surface area contributed by atoms with E-state index in [0.29, 0.717) is 48.9 Å². The van der Waals surface area contributed by atoms with E-state index in [1.807, 2.05) is 35.9 Å². The molecule has 6 heteroatoms. The van der Waals surface area contributed by atoms with Crippen LogP contribution in [0.3, 0.4) is 0 Å². The summed E-state index contributed by atoms with van der Waals surface area (Å²) in [5.41, 5.74) is 8.55. The summed E-state index contributed by atoms with van der Waals surface area (Å²) >= 11 is 0. The van der Waals surface area contributed by atoms with Crippen molar-refractivity contribution in [2.45, 2.75) is 44.6 Å². The molecule has 1 heterocycles. The summed E-state index contributed by atoms with van der Waals surface area (Å²) in [6.45, 7) is 1.72. The molecular weight excluding hydrogens is 352 g/mol. The van der Waals surface area contributed by atoms with E-state index in [0.717, 1.165) is 11.3 Å².